The second kappa shape index (κ2) is 4.63. The Hall–Kier alpha value is -0.540. The fourth-order valence-corrected chi connectivity index (χ4v) is 1.35. The van der Waals surface area contributed by atoms with Crippen LogP contribution in [0.4, 0.5) is 0 Å². The summed E-state index contributed by atoms with van der Waals surface area (Å²) in [6.45, 7) is 2.69. The number of hydrogen-bond acceptors (Lipinski definition) is 2. The molecular weight excluding hydrogens is 190 g/mol. The summed E-state index contributed by atoms with van der Waals surface area (Å²) in [5.41, 5.74) is 2.52. The van der Waals surface area contributed by atoms with Crippen molar-refractivity contribution in [2.45, 2.75) is 25.8 Å². The average Bonchev–Trinajstić information content (AvgIpc) is 2.84. The summed E-state index contributed by atoms with van der Waals surface area (Å²) in [5.74, 6) is -0.769. The molecule has 13 heavy (non-hydrogen) atoms. The second-order valence-electron chi connectivity index (χ2n) is 3.49. The molecule has 0 atom stereocenters. The monoisotopic (exact) mass is 203 g/mol. The van der Waals surface area contributed by atoms with Crippen molar-refractivity contribution < 1.29 is 9.90 Å². The van der Waals surface area contributed by atoms with Gasteiger partial charge in [-0.05, 0) is 25.3 Å². The summed E-state index contributed by atoms with van der Waals surface area (Å²) in [7, 11) is 0. The third-order valence-electron chi connectivity index (χ3n) is 2.04. The van der Waals surface area contributed by atoms with Gasteiger partial charge in [0, 0.05) is 18.1 Å². The van der Waals surface area contributed by atoms with Crippen LogP contribution in [0, 0.1) is 0 Å². The van der Waals surface area contributed by atoms with Crippen molar-refractivity contribution in [1.82, 2.24) is 4.90 Å². The number of halogens is 1. The van der Waals surface area contributed by atoms with Gasteiger partial charge in [-0.25, -0.2) is 0 Å². The van der Waals surface area contributed by atoms with Gasteiger partial charge >= 0.3 is 5.97 Å². The van der Waals surface area contributed by atoms with Gasteiger partial charge in [-0.1, -0.05) is 11.6 Å². The zero-order chi connectivity index (χ0) is 9.84. The molecule has 0 bridgehead atoms. The molecule has 4 heteroatoms. The van der Waals surface area contributed by atoms with Crippen LogP contribution in [0.1, 0.15) is 19.8 Å². The highest BCUT2D eigenvalue weighted by molar-refractivity contribution is 6.25. The minimum atomic E-state index is -0.769. The molecule has 1 saturated carbocycles. The molecule has 3 nitrogen and oxygen atoms in total. The first-order valence-corrected chi connectivity index (χ1v) is 4.79. The summed E-state index contributed by atoms with van der Waals surface area (Å²) in [6.07, 6.45) is 2.23. The number of carboxylic acids is 1. The van der Waals surface area contributed by atoms with Gasteiger partial charge < -0.3 is 5.11 Å². The van der Waals surface area contributed by atoms with E-state index in [1.165, 1.54) is 5.54 Å². The quantitative estimate of drug-likeness (QED) is 0.739. The maximum Gasteiger partial charge on any atom is 0.317 e. The standard InChI is InChI=1S/C9H14ClNO2/c1-7(4-10)5-11(6-9(12)13)8-2-3-8/h4,8H,2-3,5-6H2,1H3,(H,12,13). The molecule has 0 aromatic rings. The Morgan fingerprint density at radius 3 is 2.62 bits per heavy atom. The fraction of sp³-hybridized carbons (Fsp3) is 0.667. The van der Waals surface area contributed by atoms with Crippen molar-refractivity contribution in [1.29, 1.82) is 0 Å². The Morgan fingerprint density at radius 2 is 2.23 bits per heavy atom. The Labute approximate surface area is 83.0 Å². The van der Waals surface area contributed by atoms with E-state index in [9.17, 15) is 4.79 Å². The van der Waals surface area contributed by atoms with E-state index in [4.69, 9.17) is 16.7 Å². The van der Waals surface area contributed by atoms with Gasteiger partial charge in [0.15, 0.2) is 0 Å². The van der Waals surface area contributed by atoms with E-state index < -0.39 is 5.97 Å². The van der Waals surface area contributed by atoms with Crippen LogP contribution in [0.5, 0.6) is 0 Å². The average molecular weight is 204 g/mol. The smallest absolute Gasteiger partial charge is 0.317 e. The van der Waals surface area contributed by atoms with Gasteiger partial charge in [0.25, 0.3) is 0 Å². The maximum atomic E-state index is 10.5. The predicted molar refractivity (Wildman–Crippen MR) is 51.8 cm³/mol. The van der Waals surface area contributed by atoms with Gasteiger partial charge in [-0.15, -0.1) is 0 Å². The number of aliphatic carboxylic acids is 1. The molecule has 1 fully saturated rings. The second-order valence-corrected chi connectivity index (χ2v) is 3.70. The minimum absolute atomic E-state index is 0.118. The lowest BCUT2D eigenvalue weighted by Gasteiger charge is -2.19. The van der Waals surface area contributed by atoms with Crippen molar-refractivity contribution in [3.05, 3.63) is 11.1 Å². The normalized spacial score (nSPS) is 17.9. The molecule has 1 aliphatic carbocycles. The van der Waals surface area contributed by atoms with Gasteiger partial charge in [-0.3, -0.25) is 9.69 Å². The maximum absolute atomic E-state index is 10.5. The van der Waals surface area contributed by atoms with E-state index in [1.807, 2.05) is 11.8 Å². The number of rotatable bonds is 5. The Kier molecular flexibility index (Phi) is 3.75. The van der Waals surface area contributed by atoms with Crippen LogP contribution < -0.4 is 0 Å². The zero-order valence-electron chi connectivity index (χ0n) is 7.66. The first kappa shape index (κ1) is 10.5. The van der Waals surface area contributed by atoms with E-state index in [0.29, 0.717) is 12.6 Å². The van der Waals surface area contributed by atoms with Crippen LogP contribution in [0.25, 0.3) is 0 Å². The van der Waals surface area contributed by atoms with Gasteiger partial charge in [-0.2, -0.15) is 0 Å². The van der Waals surface area contributed by atoms with Crippen LogP contribution in [-0.2, 0) is 4.79 Å². The number of carbonyl (C=O) groups is 1. The van der Waals surface area contributed by atoms with Crippen molar-refractivity contribution >= 4 is 17.6 Å². The third-order valence-corrected chi connectivity index (χ3v) is 2.41. The van der Waals surface area contributed by atoms with E-state index in [-0.39, 0.29) is 6.54 Å². The lowest BCUT2D eigenvalue weighted by molar-refractivity contribution is -0.138. The molecule has 74 valence electrons. The van der Waals surface area contributed by atoms with Gasteiger partial charge in [0.05, 0.1) is 6.54 Å². The molecular formula is C9H14ClNO2. The Morgan fingerprint density at radius 1 is 1.62 bits per heavy atom. The fourth-order valence-electron chi connectivity index (χ4n) is 1.28. The van der Waals surface area contributed by atoms with Crippen LogP contribution in [-0.4, -0.2) is 35.1 Å². The summed E-state index contributed by atoms with van der Waals surface area (Å²) in [6, 6.07) is 0.461. The Bertz CT molecular complexity index is 224. The molecule has 0 amide bonds. The molecule has 0 aliphatic heterocycles. The molecule has 0 heterocycles. The van der Waals surface area contributed by atoms with Crippen molar-refractivity contribution in [3.63, 3.8) is 0 Å². The topological polar surface area (TPSA) is 40.5 Å². The summed E-state index contributed by atoms with van der Waals surface area (Å²) >= 11 is 5.52. The minimum Gasteiger partial charge on any atom is -0.480 e. The van der Waals surface area contributed by atoms with Crippen LogP contribution in [0.15, 0.2) is 11.1 Å². The summed E-state index contributed by atoms with van der Waals surface area (Å²) < 4.78 is 0. The molecule has 0 aromatic carbocycles. The number of carboxylic acid groups (broad SMARTS) is 1. The van der Waals surface area contributed by atoms with Crippen LogP contribution in [0.2, 0.25) is 0 Å². The van der Waals surface area contributed by atoms with Crippen molar-refractivity contribution in [3.8, 4) is 0 Å². The van der Waals surface area contributed by atoms with Crippen molar-refractivity contribution in [2.24, 2.45) is 0 Å². The third kappa shape index (κ3) is 3.79. The van der Waals surface area contributed by atoms with E-state index in [2.05, 4.69) is 0 Å². The molecule has 0 saturated heterocycles. The molecule has 0 aromatic heterocycles. The summed E-state index contributed by atoms with van der Waals surface area (Å²) in [4.78, 5) is 12.5. The number of hydrogen-bond donors (Lipinski definition) is 1. The number of nitrogens with zero attached hydrogens (tertiary/aromatic N) is 1. The highest BCUT2D eigenvalue weighted by atomic mass is 35.5. The lowest BCUT2D eigenvalue weighted by atomic mass is 10.3. The van der Waals surface area contributed by atoms with Gasteiger partial charge in [0.1, 0.15) is 0 Å². The molecule has 0 radical (unpaired) electrons. The van der Waals surface area contributed by atoms with E-state index in [1.54, 1.807) is 0 Å². The summed E-state index contributed by atoms with van der Waals surface area (Å²) in [5, 5.41) is 8.65. The first-order valence-electron chi connectivity index (χ1n) is 4.35. The van der Waals surface area contributed by atoms with Crippen LogP contribution in [0.3, 0.4) is 0 Å². The molecule has 1 N–H and O–H groups in total. The lowest BCUT2D eigenvalue weighted by Crippen LogP contribution is -2.33. The van der Waals surface area contributed by atoms with Crippen molar-refractivity contribution in [2.75, 3.05) is 13.1 Å². The van der Waals surface area contributed by atoms with Crippen LogP contribution >= 0.6 is 11.6 Å². The zero-order valence-corrected chi connectivity index (χ0v) is 8.42. The SMILES string of the molecule is CC(=CCl)CN(CC(=O)O)C1CC1. The molecule has 1 aliphatic rings. The highest BCUT2D eigenvalue weighted by Crippen LogP contribution is 2.27. The highest BCUT2D eigenvalue weighted by Gasteiger charge is 2.29. The largest absolute Gasteiger partial charge is 0.480 e. The van der Waals surface area contributed by atoms with E-state index in [0.717, 1.165) is 18.4 Å². The van der Waals surface area contributed by atoms with Gasteiger partial charge in [0.2, 0.25) is 0 Å². The molecule has 0 spiro atoms. The van der Waals surface area contributed by atoms with E-state index >= 15 is 0 Å². The first-order chi connectivity index (χ1) is 6.13. The predicted octanol–water partition coefficient (Wildman–Crippen LogP) is 1.68. The molecule has 0 unspecified atom stereocenters. The molecule has 1 rings (SSSR count). The Balaban J connectivity index is 2.42.